The Morgan fingerprint density at radius 1 is 1.50 bits per heavy atom. The zero-order valence-electron chi connectivity index (χ0n) is 7.82. The van der Waals surface area contributed by atoms with Gasteiger partial charge in [-0.2, -0.15) is 0 Å². The number of nitrogens with two attached hydrogens (primary N) is 1. The van der Waals surface area contributed by atoms with Gasteiger partial charge in [-0.1, -0.05) is 29.8 Å². The quantitative estimate of drug-likeness (QED) is 0.846. The first kappa shape index (κ1) is 10.3. The second-order valence-electron chi connectivity index (χ2n) is 3.54. The molecule has 1 aliphatic rings. The molecule has 0 saturated heterocycles. The number of rotatable bonds is 2. The predicted octanol–water partition coefficient (Wildman–Crippen LogP) is 2.71. The highest BCUT2D eigenvalue weighted by molar-refractivity contribution is 8.00. The molecule has 2 rings (SSSR count). The average molecular weight is 229 g/mol. The number of pyridine rings is 1. The van der Waals surface area contributed by atoms with Crippen LogP contribution in [-0.4, -0.2) is 16.3 Å². The zero-order valence-corrected chi connectivity index (χ0v) is 9.39. The molecule has 0 bridgehead atoms. The minimum absolute atomic E-state index is 0.304. The first-order chi connectivity index (χ1) is 6.77. The van der Waals surface area contributed by atoms with Crippen LogP contribution < -0.4 is 5.73 Å². The van der Waals surface area contributed by atoms with Crippen molar-refractivity contribution in [3.05, 3.63) is 23.4 Å². The van der Waals surface area contributed by atoms with Crippen molar-refractivity contribution in [3.63, 3.8) is 0 Å². The summed E-state index contributed by atoms with van der Waals surface area (Å²) in [4.78, 5) is 4.25. The van der Waals surface area contributed by atoms with Gasteiger partial charge < -0.3 is 5.73 Å². The van der Waals surface area contributed by atoms with Crippen molar-refractivity contribution in [2.75, 3.05) is 0 Å². The SMILES string of the molecule is NC1CCCC1Sc1ncccc1Cl. The van der Waals surface area contributed by atoms with Gasteiger partial charge in [0.15, 0.2) is 0 Å². The van der Waals surface area contributed by atoms with Crippen LogP contribution in [0, 0.1) is 0 Å². The van der Waals surface area contributed by atoms with E-state index in [2.05, 4.69) is 4.98 Å². The molecule has 1 aliphatic carbocycles. The molecule has 1 saturated carbocycles. The van der Waals surface area contributed by atoms with Crippen molar-refractivity contribution in [1.82, 2.24) is 4.98 Å². The summed E-state index contributed by atoms with van der Waals surface area (Å²) in [5.41, 5.74) is 5.99. The van der Waals surface area contributed by atoms with E-state index >= 15 is 0 Å². The summed E-state index contributed by atoms with van der Waals surface area (Å²) in [5, 5.41) is 2.13. The van der Waals surface area contributed by atoms with Gasteiger partial charge in [0.1, 0.15) is 5.03 Å². The molecule has 1 fully saturated rings. The van der Waals surface area contributed by atoms with Gasteiger partial charge in [-0.3, -0.25) is 0 Å². The predicted molar refractivity (Wildman–Crippen MR) is 60.7 cm³/mol. The Labute approximate surface area is 93.2 Å². The molecule has 2 atom stereocenters. The maximum absolute atomic E-state index is 6.03. The third-order valence-corrected chi connectivity index (χ3v) is 4.35. The van der Waals surface area contributed by atoms with Crippen LogP contribution in [0.5, 0.6) is 0 Å². The third-order valence-electron chi connectivity index (χ3n) is 2.49. The summed E-state index contributed by atoms with van der Waals surface area (Å²) >= 11 is 7.74. The fourth-order valence-electron chi connectivity index (χ4n) is 1.70. The Hall–Kier alpha value is -0.250. The molecular formula is C10H13ClN2S. The summed E-state index contributed by atoms with van der Waals surface area (Å²) in [6.45, 7) is 0. The molecule has 0 radical (unpaired) electrons. The first-order valence-electron chi connectivity index (χ1n) is 4.80. The molecule has 1 heterocycles. The van der Waals surface area contributed by atoms with Crippen molar-refractivity contribution in [2.24, 2.45) is 5.73 Å². The molecule has 1 aromatic rings. The van der Waals surface area contributed by atoms with Gasteiger partial charge in [-0.05, 0) is 25.0 Å². The van der Waals surface area contributed by atoms with Gasteiger partial charge in [0, 0.05) is 17.5 Å². The third kappa shape index (κ3) is 2.22. The standard InChI is InChI=1S/C10H13ClN2S/c11-7-3-2-6-13-10(7)14-9-5-1-4-8(9)12/h2-3,6,8-9H,1,4-5,12H2. The fraction of sp³-hybridized carbons (Fsp3) is 0.500. The lowest BCUT2D eigenvalue weighted by molar-refractivity contribution is 0.715. The highest BCUT2D eigenvalue weighted by Gasteiger charge is 2.25. The Kier molecular flexibility index (Phi) is 3.31. The summed E-state index contributed by atoms with van der Waals surface area (Å²) in [5.74, 6) is 0. The molecule has 2 N–H and O–H groups in total. The molecule has 0 spiro atoms. The largest absolute Gasteiger partial charge is 0.327 e. The molecule has 0 aliphatic heterocycles. The van der Waals surface area contributed by atoms with Crippen molar-refractivity contribution in [2.45, 2.75) is 35.6 Å². The normalized spacial score (nSPS) is 26.7. The Morgan fingerprint density at radius 3 is 3.00 bits per heavy atom. The molecule has 76 valence electrons. The second-order valence-corrected chi connectivity index (χ2v) is 5.18. The summed E-state index contributed by atoms with van der Waals surface area (Å²) in [7, 11) is 0. The van der Waals surface area contributed by atoms with E-state index in [4.69, 9.17) is 17.3 Å². The van der Waals surface area contributed by atoms with E-state index in [1.54, 1.807) is 18.0 Å². The maximum atomic E-state index is 6.03. The van der Waals surface area contributed by atoms with Crippen LogP contribution in [0.15, 0.2) is 23.4 Å². The highest BCUT2D eigenvalue weighted by atomic mass is 35.5. The molecule has 1 aromatic heterocycles. The maximum Gasteiger partial charge on any atom is 0.115 e. The number of thioether (sulfide) groups is 1. The van der Waals surface area contributed by atoms with Crippen molar-refractivity contribution >= 4 is 23.4 Å². The zero-order chi connectivity index (χ0) is 9.97. The van der Waals surface area contributed by atoms with Gasteiger partial charge in [-0.15, -0.1) is 0 Å². The van der Waals surface area contributed by atoms with Gasteiger partial charge >= 0.3 is 0 Å². The van der Waals surface area contributed by atoms with Gasteiger partial charge in [0.25, 0.3) is 0 Å². The highest BCUT2D eigenvalue weighted by Crippen LogP contribution is 2.35. The van der Waals surface area contributed by atoms with Gasteiger partial charge in [-0.25, -0.2) is 4.98 Å². The van der Waals surface area contributed by atoms with Crippen LogP contribution >= 0.6 is 23.4 Å². The van der Waals surface area contributed by atoms with E-state index in [0.29, 0.717) is 11.3 Å². The molecule has 14 heavy (non-hydrogen) atoms. The minimum atomic E-state index is 0.304. The van der Waals surface area contributed by atoms with E-state index in [9.17, 15) is 0 Å². The number of nitrogens with zero attached hydrogens (tertiary/aromatic N) is 1. The van der Waals surface area contributed by atoms with E-state index in [1.807, 2.05) is 12.1 Å². The molecule has 0 amide bonds. The van der Waals surface area contributed by atoms with Crippen LogP contribution in [0.4, 0.5) is 0 Å². The van der Waals surface area contributed by atoms with Crippen molar-refractivity contribution in [1.29, 1.82) is 0 Å². The molecule has 0 aromatic carbocycles. The smallest absolute Gasteiger partial charge is 0.115 e. The van der Waals surface area contributed by atoms with Crippen LogP contribution in [0.1, 0.15) is 19.3 Å². The second kappa shape index (κ2) is 4.51. The molecule has 2 unspecified atom stereocenters. The number of halogens is 1. The Morgan fingerprint density at radius 2 is 2.36 bits per heavy atom. The van der Waals surface area contributed by atoms with Crippen molar-refractivity contribution in [3.8, 4) is 0 Å². The van der Waals surface area contributed by atoms with E-state index in [1.165, 1.54) is 12.8 Å². The molecular weight excluding hydrogens is 216 g/mol. The molecule has 2 nitrogen and oxygen atoms in total. The van der Waals surface area contributed by atoms with Crippen LogP contribution in [-0.2, 0) is 0 Å². The van der Waals surface area contributed by atoms with Gasteiger partial charge in [0.2, 0.25) is 0 Å². The van der Waals surface area contributed by atoms with E-state index in [0.717, 1.165) is 16.5 Å². The number of aromatic nitrogens is 1. The van der Waals surface area contributed by atoms with Crippen LogP contribution in [0.2, 0.25) is 5.02 Å². The topological polar surface area (TPSA) is 38.9 Å². The summed E-state index contributed by atoms with van der Waals surface area (Å²) in [6, 6.07) is 4.02. The van der Waals surface area contributed by atoms with Crippen LogP contribution in [0.25, 0.3) is 0 Å². The minimum Gasteiger partial charge on any atom is -0.327 e. The number of hydrogen-bond acceptors (Lipinski definition) is 3. The van der Waals surface area contributed by atoms with Crippen molar-refractivity contribution < 1.29 is 0 Å². The lowest BCUT2D eigenvalue weighted by Gasteiger charge is -2.14. The van der Waals surface area contributed by atoms with Gasteiger partial charge in [0.05, 0.1) is 5.02 Å². The first-order valence-corrected chi connectivity index (χ1v) is 6.06. The fourth-order valence-corrected chi connectivity index (χ4v) is 3.14. The monoisotopic (exact) mass is 228 g/mol. The average Bonchev–Trinajstić information content (AvgIpc) is 2.56. The summed E-state index contributed by atoms with van der Waals surface area (Å²) in [6.07, 6.45) is 5.30. The van der Waals surface area contributed by atoms with E-state index < -0.39 is 0 Å². The summed E-state index contributed by atoms with van der Waals surface area (Å²) < 4.78 is 0. The molecule has 4 heteroatoms. The van der Waals surface area contributed by atoms with E-state index in [-0.39, 0.29) is 0 Å². The Bertz CT molecular complexity index is 319. The Balaban J connectivity index is 2.07. The lowest BCUT2D eigenvalue weighted by atomic mass is 10.3. The number of hydrogen-bond donors (Lipinski definition) is 1. The van der Waals surface area contributed by atoms with Crippen LogP contribution in [0.3, 0.4) is 0 Å². The lowest BCUT2D eigenvalue weighted by Crippen LogP contribution is -2.26.